The second kappa shape index (κ2) is 8.39. The Bertz CT molecular complexity index is 648. The van der Waals surface area contributed by atoms with Gasteiger partial charge in [0.05, 0.1) is 6.10 Å². The van der Waals surface area contributed by atoms with Crippen LogP contribution in [0.5, 0.6) is 11.5 Å². The third-order valence-corrected chi connectivity index (χ3v) is 3.46. The Morgan fingerprint density at radius 3 is 2.04 bits per heavy atom. The van der Waals surface area contributed by atoms with E-state index in [9.17, 15) is 4.79 Å². The highest BCUT2D eigenvalue weighted by Crippen LogP contribution is 2.19. The lowest BCUT2D eigenvalue weighted by molar-refractivity contribution is -0.122. The lowest BCUT2D eigenvalue weighted by Crippen LogP contribution is -2.32. The van der Waals surface area contributed by atoms with Gasteiger partial charge in [0, 0.05) is 5.69 Å². The molecule has 4 nitrogen and oxygen atoms in total. The highest BCUT2D eigenvalue weighted by atomic mass is 16.5. The Balaban J connectivity index is 1.97. The number of hydrogen-bond acceptors (Lipinski definition) is 3. The Hall–Kier alpha value is -2.49. The number of benzene rings is 2. The van der Waals surface area contributed by atoms with Crippen molar-refractivity contribution in [1.82, 2.24) is 0 Å². The second-order valence-corrected chi connectivity index (χ2v) is 6.01. The van der Waals surface area contributed by atoms with Gasteiger partial charge < -0.3 is 14.8 Å². The lowest BCUT2D eigenvalue weighted by Gasteiger charge is -2.17. The number of aryl methyl sites for hydroxylation is 1. The van der Waals surface area contributed by atoms with Crippen LogP contribution in [0.2, 0.25) is 0 Å². The zero-order valence-corrected chi connectivity index (χ0v) is 14.7. The fourth-order valence-corrected chi connectivity index (χ4v) is 2.22. The topological polar surface area (TPSA) is 47.6 Å². The van der Waals surface area contributed by atoms with E-state index in [2.05, 4.69) is 5.32 Å². The van der Waals surface area contributed by atoms with Crippen molar-refractivity contribution < 1.29 is 14.3 Å². The summed E-state index contributed by atoms with van der Waals surface area (Å²) in [5.41, 5.74) is 1.88. The maximum Gasteiger partial charge on any atom is 0.265 e. The van der Waals surface area contributed by atoms with Crippen LogP contribution in [0.3, 0.4) is 0 Å². The van der Waals surface area contributed by atoms with Gasteiger partial charge in [-0.2, -0.15) is 0 Å². The van der Waals surface area contributed by atoms with Gasteiger partial charge in [0.25, 0.3) is 5.91 Å². The average molecular weight is 327 g/mol. The van der Waals surface area contributed by atoms with E-state index >= 15 is 0 Å². The van der Waals surface area contributed by atoms with Crippen LogP contribution < -0.4 is 14.8 Å². The largest absolute Gasteiger partial charge is 0.491 e. The fraction of sp³-hybridized carbons (Fsp3) is 0.350. The van der Waals surface area contributed by atoms with Gasteiger partial charge in [-0.1, -0.05) is 24.6 Å². The molecule has 4 heteroatoms. The highest BCUT2D eigenvalue weighted by molar-refractivity contribution is 5.94. The van der Waals surface area contributed by atoms with E-state index < -0.39 is 6.10 Å². The minimum atomic E-state index is -0.528. The summed E-state index contributed by atoms with van der Waals surface area (Å²) in [5.74, 6) is 1.32. The van der Waals surface area contributed by atoms with Crippen molar-refractivity contribution in [2.24, 2.45) is 0 Å². The maximum absolute atomic E-state index is 12.4. The first kappa shape index (κ1) is 17.9. The SMILES string of the molecule is CC[C@H](Oc1ccc(C)cc1)C(=O)Nc1ccc(OC(C)C)cc1. The van der Waals surface area contributed by atoms with Gasteiger partial charge in [0.2, 0.25) is 0 Å². The smallest absolute Gasteiger partial charge is 0.265 e. The predicted molar refractivity (Wildman–Crippen MR) is 96.7 cm³/mol. The number of nitrogens with one attached hydrogen (secondary N) is 1. The van der Waals surface area contributed by atoms with Crippen LogP contribution in [0, 0.1) is 6.92 Å². The number of carbonyl (C=O) groups is 1. The van der Waals surface area contributed by atoms with Crippen molar-refractivity contribution in [2.75, 3.05) is 5.32 Å². The molecular weight excluding hydrogens is 302 g/mol. The fourth-order valence-electron chi connectivity index (χ4n) is 2.22. The van der Waals surface area contributed by atoms with Crippen molar-refractivity contribution in [2.45, 2.75) is 46.3 Å². The number of amides is 1. The molecule has 0 aliphatic heterocycles. The van der Waals surface area contributed by atoms with E-state index in [4.69, 9.17) is 9.47 Å². The minimum absolute atomic E-state index is 0.123. The van der Waals surface area contributed by atoms with E-state index in [1.807, 2.05) is 76.2 Å². The number of carbonyl (C=O) groups excluding carboxylic acids is 1. The predicted octanol–water partition coefficient (Wildman–Crippen LogP) is 4.58. The molecule has 0 heterocycles. The number of anilines is 1. The molecule has 0 saturated carbocycles. The first-order valence-electron chi connectivity index (χ1n) is 8.29. The molecule has 0 fully saturated rings. The van der Waals surface area contributed by atoms with Gasteiger partial charge in [0.1, 0.15) is 11.5 Å². The second-order valence-electron chi connectivity index (χ2n) is 6.01. The summed E-state index contributed by atoms with van der Waals surface area (Å²) < 4.78 is 11.4. The molecule has 2 aromatic rings. The molecule has 128 valence electrons. The molecule has 0 radical (unpaired) electrons. The summed E-state index contributed by atoms with van der Waals surface area (Å²) in [6.45, 7) is 7.90. The zero-order valence-electron chi connectivity index (χ0n) is 14.7. The van der Waals surface area contributed by atoms with E-state index in [1.54, 1.807) is 0 Å². The summed E-state index contributed by atoms with van der Waals surface area (Å²) >= 11 is 0. The Morgan fingerprint density at radius 1 is 0.958 bits per heavy atom. The van der Waals surface area contributed by atoms with Crippen LogP contribution >= 0.6 is 0 Å². The normalized spacial score (nSPS) is 11.9. The van der Waals surface area contributed by atoms with E-state index in [0.29, 0.717) is 12.2 Å². The molecule has 0 unspecified atom stereocenters. The maximum atomic E-state index is 12.4. The van der Waals surface area contributed by atoms with Gasteiger partial charge >= 0.3 is 0 Å². The molecule has 2 aromatic carbocycles. The first-order chi connectivity index (χ1) is 11.5. The summed E-state index contributed by atoms with van der Waals surface area (Å²) in [7, 11) is 0. The van der Waals surface area contributed by atoms with Crippen molar-refractivity contribution in [3.63, 3.8) is 0 Å². The monoisotopic (exact) mass is 327 g/mol. The minimum Gasteiger partial charge on any atom is -0.491 e. The van der Waals surface area contributed by atoms with Crippen molar-refractivity contribution in [3.8, 4) is 11.5 Å². The molecule has 0 bridgehead atoms. The van der Waals surface area contributed by atoms with Gasteiger partial charge in [-0.05, 0) is 63.6 Å². The van der Waals surface area contributed by atoms with Crippen molar-refractivity contribution in [1.29, 1.82) is 0 Å². The van der Waals surface area contributed by atoms with Gasteiger partial charge in [-0.25, -0.2) is 0 Å². The number of ether oxygens (including phenoxy) is 2. The Morgan fingerprint density at radius 2 is 1.50 bits per heavy atom. The average Bonchev–Trinajstić information content (AvgIpc) is 2.55. The Labute approximate surface area is 143 Å². The Kier molecular flexibility index (Phi) is 6.24. The van der Waals surface area contributed by atoms with E-state index in [-0.39, 0.29) is 12.0 Å². The lowest BCUT2D eigenvalue weighted by atomic mass is 10.2. The van der Waals surface area contributed by atoms with Gasteiger partial charge in [-0.3, -0.25) is 4.79 Å². The van der Waals surface area contributed by atoms with Crippen molar-refractivity contribution >= 4 is 11.6 Å². The van der Waals surface area contributed by atoms with Gasteiger partial charge in [-0.15, -0.1) is 0 Å². The molecule has 0 aliphatic rings. The number of hydrogen-bond donors (Lipinski definition) is 1. The molecule has 1 amide bonds. The molecule has 0 aromatic heterocycles. The summed E-state index contributed by atoms with van der Waals surface area (Å²) in [5, 5.41) is 2.89. The first-order valence-corrected chi connectivity index (χ1v) is 8.29. The highest BCUT2D eigenvalue weighted by Gasteiger charge is 2.18. The molecular formula is C20H25NO3. The van der Waals surface area contributed by atoms with Crippen LogP contribution in [0.1, 0.15) is 32.8 Å². The van der Waals surface area contributed by atoms with Crippen LogP contribution in [0.25, 0.3) is 0 Å². The molecule has 0 aliphatic carbocycles. The van der Waals surface area contributed by atoms with Crippen LogP contribution in [-0.4, -0.2) is 18.1 Å². The van der Waals surface area contributed by atoms with Gasteiger partial charge in [0.15, 0.2) is 6.10 Å². The van der Waals surface area contributed by atoms with Crippen LogP contribution in [-0.2, 0) is 4.79 Å². The standard InChI is InChI=1S/C20H25NO3/c1-5-19(24-18-10-6-15(4)7-11-18)20(22)21-16-8-12-17(13-9-16)23-14(2)3/h6-14,19H,5H2,1-4H3,(H,21,22)/t19-/m0/s1. The summed E-state index contributed by atoms with van der Waals surface area (Å²) in [6, 6.07) is 15.0. The zero-order chi connectivity index (χ0) is 17.5. The van der Waals surface area contributed by atoms with Crippen LogP contribution in [0.15, 0.2) is 48.5 Å². The molecule has 1 atom stereocenters. The molecule has 1 N–H and O–H groups in total. The van der Waals surface area contributed by atoms with Crippen molar-refractivity contribution in [3.05, 3.63) is 54.1 Å². The summed E-state index contributed by atoms with van der Waals surface area (Å²) in [4.78, 5) is 12.4. The van der Waals surface area contributed by atoms with Crippen LogP contribution in [0.4, 0.5) is 5.69 Å². The quantitative estimate of drug-likeness (QED) is 0.810. The molecule has 0 spiro atoms. The summed E-state index contributed by atoms with van der Waals surface area (Å²) in [6.07, 6.45) is 0.186. The third-order valence-electron chi connectivity index (χ3n) is 3.46. The van der Waals surface area contributed by atoms with E-state index in [1.165, 1.54) is 0 Å². The van der Waals surface area contributed by atoms with E-state index in [0.717, 1.165) is 17.0 Å². The number of rotatable bonds is 7. The third kappa shape index (κ3) is 5.30. The molecule has 24 heavy (non-hydrogen) atoms. The molecule has 0 saturated heterocycles. The molecule has 2 rings (SSSR count).